The highest BCUT2D eigenvalue weighted by Crippen LogP contribution is 2.35. The standard InChI is InChI=1S/C17H26N2O/c1-20-16-7-5-6-15(12-16)13-19-11-10-18-14-17(19)8-3-2-4-9-17/h5-7,12,18H,2-4,8-11,13-14H2,1H3. The van der Waals surface area contributed by atoms with E-state index in [1.807, 2.05) is 6.07 Å². The van der Waals surface area contributed by atoms with Crippen LogP contribution in [0.3, 0.4) is 0 Å². The zero-order chi connectivity index (χ0) is 13.8. The molecule has 0 aromatic heterocycles. The fourth-order valence-electron chi connectivity index (χ4n) is 3.82. The van der Waals surface area contributed by atoms with Crippen molar-refractivity contribution in [3.8, 4) is 5.75 Å². The molecule has 3 heteroatoms. The molecule has 2 aliphatic rings. The molecule has 0 amide bonds. The molecule has 1 spiro atoms. The summed E-state index contributed by atoms with van der Waals surface area (Å²) in [7, 11) is 1.74. The zero-order valence-electron chi connectivity index (χ0n) is 12.5. The first-order valence-electron chi connectivity index (χ1n) is 7.91. The van der Waals surface area contributed by atoms with Gasteiger partial charge in [-0.25, -0.2) is 0 Å². The van der Waals surface area contributed by atoms with Crippen molar-refractivity contribution in [1.82, 2.24) is 10.2 Å². The molecule has 1 aliphatic heterocycles. The number of rotatable bonds is 3. The molecule has 20 heavy (non-hydrogen) atoms. The van der Waals surface area contributed by atoms with Crippen molar-refractivity contribution in [3.05, 3.63) is 29.8 Å². The van der Waals surface area contributed by atoms with Gasteiger partial charge >= 0.3 is 0 Å². The Kier molecular flexibility index (Phi) is 4.27. The van der Waals surface area contributed by atoms with Crippen LogP contribution in [0.2, 0.25) is 0 Å². The highest BCUT2D eigenvalue weighted by Gasteiger charge is 2.39. The molecule has 1 N–H and O–H groups in total. The number of benzene rings is 1. The minimum atomic E-state index is 0.402. The number of hydrogen-bond acceptors (Lipinski definition) is 3. The predicted octanol–water partition coefficient (Wildman–Crippen LogP) is 2.80. The molecule has 1 aromatic rings. The number of methoxy groups -OCH3 is 1. The van der Waals surface area contributed by atoms with Gasteiger partial charge in [-0.15, -0.1) is 0 Å². The first kappa shape index (κ1) is 13.9. The van der Waals surface area contributed by atoms with Crippen LogP contribution < -0.4 is 10.1 Å². The lowest BCUT2D eigenvalue weighted by atomic mass is 9.79. The van der Waals surface area contributed by atoms with Crippen LogP contribution in [0.4, 0.5) is 0 Å². The maximum absolute atomic E-state index is 5.35. The van der Waals surface area contributed by atoms with Gasteiger partial charge in [-0.3, -0.25) is 4.90 Å². The lowest BCUT2D eigenvalue weighted by Gasteiger charge is -2.50. The summed E-state index contributed by atoms with van der Waals surface area (Å²) in [6.45, 7) is 4.50. The quantitative estimate of drug-likeness (QED) is 0.917. The third-order valence-electron chi connectivity index (χ3n) is 4.98. The largest absolute Gasteiger partial charge is 0.497 e. The average Bonchev–Trinajstić information content (AvgIpc) is 2.51. The highest BCUT2D eigenvalue weighted by atomic mass is 16.5. The number of piperazine rings is 1. The highest BCUT2D eigenvalue weighted by molar-refractivity contribution is 5.28. The van der Waals surface area contributed by atoms with Gasteiger partial charge in [-0.2, -0.15) is 0 Å². The molecular formula is C17H26N2O. The molecule has 3 rings (SSSR count). The fraction of sp³-hybridized carbons (Fsp3) is 0.647. The van der Waals surface area contributed by atoms with Crippen LogP contribution in [-0.2, 0) is 6.54 Å². The molecule has 110 valence electrons. The molecule has 1 aliphatic carbocycles. The van der Waals surface area contributed by atoms with Crippen LogP contribution in [0.25, 0.3) is 0 Å². The summed E-state index contributed by atoms with van der Waals surface area (Å²) >= 11 is 0. The van der Waals surface area contributed by atoms with E-state index in [1.165, 1.54) is 37.7 Å². The summed E-state index contributed by atoms with van der Waals surface area (Å²) < 4.78 is 5.35. The normalized spacial score (nSPS) is 22.9. The molecule has 0 atom stereocenters. The molecule has 1 aromatic carbocycles. The van der Waals surface area contributed by atoms with Crippen LogP contribution in [0.5, 0.6) is 5.75 Å². The first-order valence-corrected chi connectivity index (χ1v) is 7.91. The first-order chi connectivity index (χ1) is 9.82. The Morgan fingerprint density at radius 1 is 1.25 bits per heavy atom. The van der Waals surface area contributed by atoms with Crippen LogP contribution in [0.15, 0.2) is 24.3 Å². The molecular weight excluding hydrogens is 248 g/mol. The van der Waals surface area contributed by atoms with E-state index in [-0.39, 0.29) is 0 Å². The molecule has 0 radical (unpaired) electrons. The third-order valence-corrected chi connectivity index (χ3v) is 4.98. The van der Waals surface area contributed by atoms with Crippen molar-refractivity contribution in [2.45, 2.75) is 44.2 Å². The topological polar surface area (TPSA) is 24.5 Å². The minimum absolute atomic E-state index is 0.402. The van der Waals surface area contributed by atoms with Gasteiger partial charge in [0.2, 0.25) is 0 Å². The van der Waals surface area contributed by atoms with Crippen LogP contribution in [0.1, 0.15) is 37.7 Å². The lowest BCUT2D eigenvalue weighted by Crippen LogP contribution is -2.61. The number of nitrogens with zero attached hydrogens (tertiary/aromatic N) is 1. The second-order valence-corrected chi connectivity index (χ2v) is 6.23. The maximum atomic E-state index is 5.35. The Bertz CT molecular complexity index is 432. The van der Waals surface area contributed by atoms with E-state index in [0.717, 1.165) is 31.9 Å². The van der Waals surface area contributed by atoms with E-state index in [1.54, 1.807) is 7.11 Å². The summed E-state index contributed by atoms with van der Waals surface area (Å²) in [6.07, 6.45) is 6.88. The molecule has 1 saturated carbocycles. The SMILES string of the molecule is COc1cccc(CN2CCNCC23CCCCC3)c1. The molecule has 1 heterocycles. The van der Waals surface area contributed by atoms with Crippen molar-refractivity contribution in [1.29, 1.82) is 0 Å². The molecule has 2 fully saturated rings. The van der Waals surface area contributed by atoms with Gasteiger partial charge in [-0.05, 0) is 30.5 Å². The van der Waals surface area contributed by atoms with Crippen LogP contribution >= 0.6 is 0 Å². The minimum Gasteiger partial charge on any atom is -0.497 e. The van der Waals surface area contributed by atoms with Crippen molar-refractivity contribution in [2.24, 2.45) is 0 Å². The van der Waals surface area contributed by atoms with Crippen molar-refractivity contribution in [3.63, 3.8) is 0 Å². The second kappa shape index (κ2) is 6.15. The van der Waals surface area contributed by atoms with Crippen molar-refractivity contribution >= 4 is 0 Å². The summed E-state index contributed by atoms with van der Waals surface area (Å²) in [5.41, 5.74) is 1.77. The van der Waals surface area contributed by atoms with E-state index in [9.17, 15) is 0 Å². The predicted molar refractivity (Wildman–Crippen MR) is 82.1 cm³/mol. The monoisotopic (exact) mass is 274 g/mol. The van der Waals surface area contributed by atoms with E-state index >= 15 is 0 Å². The van der Waals surface area contributed by atoms with E-state index in [0.29, 0.717) is 5.54 Å². The van der Waals surface area contributed by atoms with E-state index < -0.39 is 0 Å². The number of ether oxygens (including phenoxy) is 1. The smallest absolute Gasteiger partial charge is 0.119 e. The van der Waals surface area contributed by atoms with E-state index in [4.69, 9.17) is 4.74 Å². The van der Waals surface area contributed by atoms with Gasteiger partial charge in [0.1, 0.15) is 5.75 Å². The average molecular weight is 274 g/mol. The molecule has 1 saturated heterocycles. The molecule has 3 nitrogen and oxygen atoms in total. The van der Waals surface area contributed by atoms with Gasteiger partial charge in [0.05, 0.1) is 7.11 Å². The van der Waals surface area contributed by atoms with Gasteiger partial charge < -0.3 is 10.1 Å². The third kappa shape index (κ3) is 2.84. The Morgan fingerprint density at radius 3 is 2.90 bits per heavy atom. The van der Waals surface area contributed by atoms with Crippen molar-refractivity contribution < 1.29 is 4.74 Å². The van der Waals surface area contributed by atoms with Gasteiger partial charge in [0, 0.05) is 31.7 Å². The van der Waals surface area contributed by atoms with E-state index in [2.05, 4.69) is 28.4 Å². The number of hydrogen-bond donors (Lipinski definition) is 1. The summed E-state index contributed by atoms with van der Waals surface area (Å²) in [5, 5.41) is 3.62. The summed E-state index contributed by atoms with van der Waals surface area (Å²) in [4.78, 5) is 2.72. The lowest BCUT2D eigenvalue weighted by molar-refractivity contribution is 0.0208. The Hall–Kier alpha value is -1.06. The van der Waals surface area contributed by atoms with Crippen LogP contribution in [0, 0.1) is 0 Å². The van der Waals surface area contributed by atoms with Crippen molar-refractivity contribution in [2.75, 3.05) is 26.7 Å². The van der Waals surface area contributed by atoms with Gasteiger partial charge in [-0.1, -0.05) is 31.4 Å². The molecule has 0 bridgehead atoms. The second-order valence-electron chi connectivity index (χ2n) is 6.23. The fourth-order valence-corrected chi connectivity index (χ4v) is 3.82. The van der Waals surface area contributed by atoms with Crippen LogP contribution in [-0.4, -0.2) is 37.2 Å². The van der Waals surface area contributed by atoms with Gasteiger partial charge in [0.15, 0.2) is 0 Å². The van der Waals surface area contributed by atoms with Gasteiger partial charge in [0.25, 0.3) is 0 Å². The number of nitrogens with one attached hydrogen (secondary N) is 1. The Labute approximate surface area is 122 Å². The Morgan fingerprint density at radius 2 is 2.10 bits per heavy atom. The Balaban J connectivity index is 1.76. The summed E-state index contributed by atoms with van der Waals surface area (Å²) in [5.74, 6) is 0.968. The summed E-state index contributed by atoms with van der Waals surface area (Å²) in [6, 6.07) is 8.53. The maximum Gasteiger partial charge on any atom is 0.119 e. The molecule has 0 unspecified atom stereocenters. The zero-order valence-corrected chi connectivity index (χ0v) is 12.5.